The van der Waals surface area contributed by atoms with E-state index in [1.54, 1.807) is 14.2 Å². The summed E-state index contributed by atoms with van der Waals surface area (Å²) in [7, 11) is 3.31. The molecule has 1 unspecified atom stereocenters. The summed E-state index contributed by atoms with van der Waals surface area (Å²) < 4.78 is 16.0. The van der Waals surface area contributed by atoms with Gasteiger partial charge < -0.3 is 19.9 Å². The molecule has 2 N–H and O–H groups in total. The van der Waals surface area contributed by atoms with E-state index in [0.29, 0.717) is 13.2 Å². The Bertz CT molecular complexity index is 341. The summed E-state index contributed by atoms with van der Waals surface area (Å²) in [5, 5.41) is 0. The van der Waals surface area contributed by atoms with Crippen LogP contribution in [-0.4, -0.2) is 33.5 Å². The normalized spacial score (nSPS) is 12.2. The molecule has 0 aliphatic rings. The van der Waals surface area contributed by atoms with E-state index in [4.69, 9.17) is 19.9 Å². The van der Waals surface area contributed by atoms with Gasteiger partial charge >= 0.3 is 0 Å². The van der Waals surface area contributed by atoms with Crippen LogP contribution in [0.15, 0.2) is 18.2 Å². The number of nitrogens with two attached hydrogens (primary N) is 1. The maximum atomic E-state index is 5.80. The average molecular weight is 239 g/mol. The fourth-order valence-corrected chi connectivity index (χ4v) is 1.63. The summed E-state index contributed by atoms with van der Waals surface area (Å²) in [6.45, 7) is 3.12. The predicted octanol–water partition coefficient (Wildman–Crippen LogP) is 1.61. The van der Waals surface area contributed by atoms with Crippen LogP contribution in [0, 0.1) is 0 Å². The highest BCUT2D eigenvalue weighted by atomic mass is 16.5. The van der Waals surface area contributed by atoms with Crippen LogP contribution in [0.1, 0.15) is 12.5 Å². The van der Waals surface area contributed by atoms with E-state index in [1.165, 1.54) is 0 Å². The lowest BCUT2D eigenvalue weighted by Crippen LogP contribution is -2.19. The van der Waals surface area contributed by atoms with Crippen LogP contribution in [0.25, 0.3) is 0 Å². The Kier molecular flexibility index (Phi) is 5.80. The number of hydrogen-bond acceptors (Lipinski definition) is 4. The second kappa shape index (κ2) is 7.14. The molecule has 1 aromatic rings. The van der Waals surface area contributed by atoms with E-state index < -0.39 is 0 Å². The van der Waals surface area contributed by atoms with Crippen molar-refractivity contribution in [2.24, 2.45) is 5.73 Å². The second-order valence-electron chi connectivity index (χ2n) is 3.90. The predicted molar refractivity (Wildman–Crippen MR) is 67.7 cm³/mol. The molecule has 0 aliphatic carbocycles. The molecule has 4 heteroatoms. The minimum absolute atomic E-state index is 0.0184. The lowest BCUT2D eigenvalue weighted by Gasteiger charge is -2.17. The molecule has 96 valence electrons. The van der Waals surface area contributed by atoms with Crippen molar-refractivity contribution in [1.29, 1.82) is 0 Å². The van der Waals surface area contributed by atoms with Gasteiger partial charge in [0.05, 0.1) is 13.7 Å². The standard InChI is InChI=1S/C13H21NO3/c1-10(9-15-2)17-13-5-4-12(16-3)8-11(13)6-7-14/h4-5,8,10H,6-7,9,14H2,1-3H3. The molecule has 4 nitrogen and oxygen atoms in total. The lowest BCUT2D eigenvalue weighted by molar-refractivity contribution is 0.0914. The Labute approximate surface area is 103 Å². The molecule has 0 radical (unpaired) electrons. The number of benzene rings is 1. The minimum Gasteiger partial charge on any atom is -0.497 e. The summed E-state index contributed by atoms with van der Waals surface area (Å²) in [6, 6.07) is 5.76. The Morgan fingerprint density at radius 2 is 2.06 bits per heavy atom. The molecule has 0 amide bonds. The summed E-state index contributed by atoms with van der Waals surface area (Å²) in [6.07, 6.45) is 0.789. The first kappa shape index (κ1) is 13.8. The van der Waals surface area contributed by atoms with Crippen LogP contribution < -0.4 is 15.2 Å². The smallest absolute Gasteiger partial charge is 0.123 e. The van der Waals surface area contributed by atoms with Gasteiger partial charge in [0, 0.05) is 7.11 Å². The van der Waals surface area contributed by atoms with E-state index in [0.717, 1.165) is 23.5 Å². The van der Waals surface area contributed by atoms with Crippen molar-refractivity contribution in [1.82, 2.24) is 0 Å². The maximum Gasteiger partial charge on any atom is 0.123 e. The maximum absolute atomic E-state index is 5.80. The van der Waals surface area contributed by atoms with Crippen molar-refractivity contribution in [3.05, 3.63) is 23.8 Å². The summed E-state index contributed by atoms with van der Waals surface area (Å²) >= 11 is 0. The summed E-state index contributed by atoms with van der Waals surface area (Å²) in [4.78, 5) is 0. The van der Waals surface area contributed by atoms with Crippen LogP contribution in [-0.2, 0) is 11.2 Å². The fraction of sp³-hybridized carbons (Fsp3) is 0.538. The van der Waals surface area contributed by atoms with E-state index >= 15 is 0 Å². The summed E-state index contributed by atoms with van der Waals surface area (Å²) in [5.74, 6) is 1.67. The lowest BCUT2D eigenvalue weighted by atomic mass is 10.1. The molecule has 0 aromatic heterocycles. The Balaban J connectivity index is 2.81. The molecule has 0 saturated heterocycles. The van der Waals surface area contributed by atoms with Gasteiger partial charge in [-0.25, -0.2) is 0 Å². The first-order chi connectivity index (χ1) is 8.21. The van der Waals surface area contributed by atoms with Crippen molar-refractivity contribution in [3.8, 4) is 11.5 Å². The molecular formula is C13H21NO3. The van der Waals surface area contributed by atoms with E-state index in [2.05, 4.69) is 0 Å². The van der Waals surface area contributed by atoms with Gasteiger partial charge in [-0.3, -0.25) is 0 Å². The highest BCUT2D eigenvalue weighted by Crippen LogP contribution is 2.25. The molecule has 17 heavy (non-hydrogen) atoms. The molecular weight excluding hydrogens is 218 g/mol. The molecule has 0 bridgehead atoms. The molecule has 1 rings (SSSR count). The van der Waals surface area contributed by atoms with Crippen LogP contribution >= 0.6 is 0 Å². The van der Waals surface area contributed by atoms with E-state index in [1.807, 2.05) is 25.1 Å². The topological polar surface area (TPSA) is 53.7 Å². The van der Waals surface area contributed by atoms with Gasteiger partial charge in [-0.05, 0) is 43.7 Å². The van der Waals surface area contributed by atoms with Gasteiger partial charge in [0.25, 0.3) is 0 Å². The van der Waals surface area contributed by atoms with Gasteiger partial charge in [0.1, 0.15) is 17.6 Å². The van der Waals surface area contributed by atoms with Gasteiger partial charge in [-0.1, -0.05) is 0 Å². The highest BCUT2D eigenvalue weighted by Gasteiger charge is 2.09. The van der Waals surface area contributed by atoms with Crippen molar-refractivity contribution in [3.63, 3.8) is 0 Å². The largest absolute Gasteiger partial charge is 0.497 e. The third-order valence-corrected chi connectivity index (χ3v) is 2.41. The first-order valence-corrected chi connectivity index (χ1v) is 5.73. The van der Waals surface area contributed by atoms with Crippen molar-refractivity contribution < 1.29 is 14.2 Å². The highest BCUT2D eigenvalue weighted by molar-refractivity contribution is 5.40. The minimum atomic E-state index is 0.0184. The molecule has 1 atom stereocenters. The molecule has 0 spiro atoms. The van der Waals surface area contributed by atoms with Gasteiger partial charge in [0.15, 0.2) is 0 Å². The third-order valence-electron chi connectivity index (χ3n) is 2.41. The zero-order chi connectivity index (χ0) is 12.7. The average Bonchev–Trinajstić information content (AvgIpc) is 2.32. The van der Waals surface area contributed by atoms with Gasteiger partial charge in [-0.2, -0.15) is 0 Å². The SMILES string of the molecule is COCC(C)Oc1ccc(OC)cc1CCN. The van der Waals surface area contributed by atoms with Gasteiger partial charge in [0.2, 0.25) is 0 Å². The number of ether oxygens (including phenoxy) is 3. The van der Waals surface area contributed by atoms with Gasteiger partial charge in [-0.15, -0.1) is 0 Å². The van der Waals surface area contributed by atoms with Crippen molar-refractivity contribution in [2.75, 3.05) is 27.4 Å². The summed E-state index contributed by atoms with van der Waals surface area (Å²) in [5.41, 5.74) is 6.65. The molecule has 0 aliphatic heterocycles. The zero-order valence-corrected chi connectivity index (χ0v) is 10.7. The monoisotopic (exact) mass is 239 g/mol. The Morgan fingerprint density at radius 1 is 1.29 bits per heavy atom. The van der Waals surface area contributed by atoms with Crippen LogP contribution in [0.3, 0.4) is 0 Å². The quantitative estimate of drug-likeness (QED) is 0.785. The number of rotatable bonds is 7. The van der Waals surface area contributed by atoms with Crippen LogP contribution in [0.5, 0.6) is 11.5 Å². The Hall–Kier alpha value is -1.26. The Morgan fingerprint density at radius 3 is 2.65 bits per heavy atom. The third kappa shape index (κ3) is 4.24. The second-order valence-corrected chi connectivity index (χ2v) is 3.90. The molecule has 0 heterocycles. The zero-order valence-electron chi connectivity index (χ0n) is 10.7. The fourth-order valence-electron chi connectivity index (χ4n) is 1.63. The molecule has 0 saturated carbocycles. The van der Waals surface area contributed by atoms with Crippen LogP contribution in [0.4, 0.5) is 0 Å². The van der Waals surface area contributed by atoms with Crippen molar-refractivity contribution in [2.45, 2.75) is 19.4 Å². The van der Waals surface area contributed by atoms with E-state index in [-0.39, 0.29) is 6.10 Å². The number of hydrogen-bond donors (Lipinski definition) is 1. The first-order valence-electron chi connectivity index (χ1n) is 5.73. The van der Waals surface area contributed by atoms with Crippen molar-refractivity contribution >= 4 is 0 Å². The van der Waals surface area contributed by atoms with Crippen LogP contribution in [0.2, 0.25) is 0 Å². The van der Waals surface area contributed by atoms with E-state index in [9.17, 15) is 0 Å². The molecule has 1 aromatic carbocycles. The number of methoxy groups -OCH3 is 2. The molecule has 0 fully saturated rings.